The highest BCUT2D eigenvalue weighted by molar-refractivity contribution is 9.10. The lowest BCUT2D eigenvalue weighted by atomic mass is 10.1. The summed E-state index contributed by atoms with van der Waals surface area (Å²) in [6.45, 7) is 0. The van der Waals surface area contributed by atoms with Gasteiger partial charge in [0.25, 0.3) is 5.69 Å². The molecule has 0 spiro atoms. The monoisotopic (exact) mass is 403 g/mol. The summed E-state index contributed by atoms with van der Waals surface area (Å²) in [5, 5.41) is 11.8. The van der Waals surface area contributed by atoms with E-state index in [2.05, 4.69) is 25.9 Å². The molecule has 0 bridgehead atoms. The number of hydrogen-bond donors (Lipinski definition) is 0. The van der Waals surface area contributed by atoms with Crippen molar-refractivity contribution in [1.82, 2.24) is 9.97 Å². The average molecular weight is 405 g/mol. The van der Waals surface area contributed by atoms with Crippen LogP contribution in [0, 0.1) is 10.1 Å². The van der Waals surface area contributed by atoms with Crippen molar-refractivity contribution in [2.75, 3.05) is 0 Å². The molecule has 4 aromatic rings. The number of hydrogen-bond acceptors (Lipinski definition) is 5. The molecule has 0 amide bonds. The fourth-order valence-corrected chi connectivity index (χ4v) is 3.00. The van der Waals surface area contributed by atoms with E-state index in [-0.39, 0.29) is 10.8 Å². The van der Waals surface area contributed by atoms with Crippen LogP contribution in [0.1, 0.15) is 0 Å². The summed E-state index contributed by atoms with van der Waals surface area (Å²) >= 11 is 9.63. The topological polar surface area (TPSA) is 82.1 Å². The van der Waals surface area contributed by atoms with Gasteiger partial charge in [0, 0.05) is 22.0 Å². The molecule has 2 aromatic carbocycles. The Morgan fingerprint density at radius 1 is 1.08 bits per heavy atom. The molecule has 0 aliphatic heterocycles. The van der Waals surface area contributed by atoms with E-state index >= 15 is 0 Å². The van der Waals surface area contributed by atoms with Crippen LogP contribution in [0.4, 0.5) is 5.69 Å². The highest BCUT2D eigenvalue weighted by Crippen LogP contribution is 2.33. The maximum Gasteiger partial charge on any atom is 0.270 e. The number of nitrogens with zero attached hydrogens (tertiary/aromatic N) is 3. The molecule has 4 rings (SSSR count). The molecular weight excluding hydrogens is 398 g/mol. The Kier molecular flexibility index (Phi) is 3.47. The Morgan fingerprint density at radius 2 is 1.92 bits per heavy atom. The van der Waals surface area contributed by atoms with Gasteiger partial charge in [-0.25, -0.2) is 9.97 Å². The molecule has 0 aliphatic rings. The van der Waals surface area contributed by atoms with Gasteiger partial charge < -0.3 is 4.42 Å². The third-order valence-electron chi connectivity index (χ3n) is 3.54. The molecular formula is C16H7BrClN3O3. The number of rotatable bonds is 2. The first-order valence-electron chi connectivity index (χ1n) is 6.82. The smallest absolute Gasteiger partial charge is 0.270 e. The molecule has 2 heterocycles. The SMILES string of the molecule is O=[N+]([O-])c1ccc2nc(Cl)c(-c3nc4cc(Br)ccc4o3)cc2c1. The van der Waals surface area contributed by atoms with Crippen LogP contribution in [0.2, 0.25) is 5.15 Å². The molecule has 0 saturated carbocycles. The van der Waals surface area contributed by atoms with Crippen molar-refractivity contribution in [2.45, 2.75) is 0 Å². The lowest BCUT2D eigenvalue weighted by Crippen LogP contribution is -1.90. The van der Waals surface area contributed by atoms with E-state index in [1.165, 1.54) is 12.1 Å². The van der Waals surface area contributed by atoms with Crippen molar-refractivity contribution in [3.8, 4) is 11.5 Å². The number of nitro groups is 1. The molecule has 0 saturated heterocycles. The number of halogens is 2. The van der Waals surface area contributed by atoms with Crippen LogP contribution < -0.4 is 0 Å². The van der Waals surface area contributed by atoms with Crippen LogP contribution in [0.25, 0.3) is 33.5 Å². The zero-order valence-corrected chi connectivity index (χ0v) is 14.2. The number of pyridine rings is 1. The summed E-state index contributed by atoms with van der Waals surface area (Å²) < 4.78 is 6.61. The minimum atomic E-state index is -0.454. The fraction of sp³-hybridized carbons (Fsp3) is 0. The third-order valence-corrected chi connectivity index (χ3v) is 4.32. The van der Waals surface area contributed by atoms with Gasteiger partial charge in [0.1, 0.15) is 10.7 Å². The van der Waals surface area contributed by atoms with Crippen LogP contribution in [0.5, 0.6) is 0 Å². The second kappa shape index (κ2) is 5.54. The average Bonchev–Trinajstić information content (AvgIpc) is 2.96. The number of fused-ring (bicyclic) bond motifs is 2. The van der Waals surface area contributed by atoms with E-state index in [1.807, 2.05) is 12.1 Å². The summed E-state index contributed by atoms with van der Waals surface area (Å²) in [7, 11) is 0. The number of non-ortho nitro benzene ring substituents is 1. The van der Waals surface area contributed by atoms with Crippen molar-refractivity contribution in [3.63, 3.8) is 0 Å². The largest absolute Gasteiger partial charge is 0.436 e. The number of benzene rings is 2. The van der Waals surface area contributed by atoms with Crippen LogP contribution in [0.15, 0.2) is 51.4 Å². The van der Waals surface area contributed by atoms with Crippen molar-refractivity contribution >= 4 is 55.2 Å². The molecule has 24 heavy (non-hydrogen) atoms. The molecule has 118 valence electrons. The second-order valence-electron chi connectivity index (χ2n) is 5.09. The maximum atomic E-state index is 10.9. The highest BCUT2D eigenvalue weighted by Gasteiger charge is 2.16. The molecule has 6 nitrogen and oxygen atoms in total. The van der Waals surface area contributed by atoms with Crippen molar-refractivity contribution in [3.05, 3.63) is 62.2 Å². The van der Waals surface area contributed by atoms with E-state index in [1.54, 1.807) is 18.2 Å². The number of aromatic nitrogens is 2. The molecule has 2 aromatic heterocycles. The van der Waals surface area contributed by atoms with Gasteiger partial charge in [-0.15, -0.1) is 0 Å². The number of oxazole rings is 1. The van der Waals surface area contributed by atoms with Gasteiger partial charge in [-0.1, -0.05) is 27.5 Å². The first-order chi connectivity index (χ1) is 11.5. The zero-order chi connectivity index (χ0) is 16.8. The molecule has 0 N–H and O–H groups in total. The zero-order valence-electron chi connectivity index (χ0n) is 11.9. The Bertz CT molecular complexity index is 1130. The Balaban J connectivity index is 1.93. The summed E-state index contributed by atoms with van der Waals surface area (Å²) in [4.78, 5) is 19.2. The quantitative estimate of drug-likeness (QED) is 0.255. The van der Waals surface area contributed by atoms with Crippen LogP contribution in [-0.4, -0.2) is 14.9 Å². The van der Waals surface area contributed by atoms with Crippen molar-refractivity contribution < 1.29 is 9.34 Å². The molecule has 0 unspecified atom stereocenters. The fourth-order valence-electron chi connectivity index (χ4n) is 2.42. The van der Waals surface area contributed by atoms with E-state index in [0.29, 0.717) is 33.5 Å². The standard InChI is InChI=1S/C16H7BrClN3O3/c17-9-1-4-14-13(7-9)20-16(24-14)11-6-8-5-10(21(22)23)2-3-12(8)19-15(11)18/h1-7H. The van der Waals surface area contributed by atoms with Gasteiger partial charge in [0.05, 0.1) is 16.0 Å². The summed E-state index contributed by atoms with van der Waals surface area (Å²) in [5.41, 5.74) is 2.32. The van der Waals surface area contributed by atoms with Gasteiger partial charge in [0.15, 0.2) is 5.58 Å². The minimum absolute atomic E-state index is 0.0148. The molecule has 8 heteroatoms. The summed E-state index contributed by atoms with van der Waals surface area (Å²) in [5.74, 6) is 0.314. The molecule has 0 radical (unpaired) electrons. The van der Waals surface area contributed by atoms with Gasteiger partial charge in [-0.05, 0) is 30.3 Å². The first-order valence-corrected chi connectivity index (χ1v) is 7.99. The molecule has 0 aliphatic carbocycles. The van der Waals surface area contributed by atoms with Crippen LogP contribution >= 0.6 is 27.5 Å². The lowest BCUT2D eigenvalue weighted by Gasteiger charge is -2.03. The van der Waals surface area contributed by atoms with Gasteiger partial charge in [-0.3, -0.25) is 10.1 Å². The predicted molar refractivity (Wildman–Crippen MR) is 94.1 cm³/mol. The normalized spacial score (nSPS) is 11.2. The number of nitro benzene ring substituents is 1. The molecule has 0 atom stereocenters. The van der Waals surface area contributed by atoms with E-state index in [0.717, 1.165) is 4.47 Å². The van der Waals surface area contributed by atoms with E-state index in [4.69, 9.17) is 16.0 Å². The Hall–Kier alpha value is -2.51. The summed E-state index contributed by atoms with van der Waals surface area (Å²) in [6.07, 6.45) is 0. The second-order valence-corrected chi connectivity index (χ2v) is 6.37. The Morgan fingerprint density at radius 3 is 2.71 bits per heavy atom. The van der Waals surface area contributed by atoms with E-state index in [9.17, 15) is 10.1 Å². The van der Waals surface area contributed by atoms with Crippen molar-refractivity contribution in [1.29, 1.82) is 0 Å². The lowest BCUT2D eigenvalue weighted by molar-refractivity contribution is -0.384. The van der Waals surface area contributed by atoms with E-state index < -0.39 is 4.92 Å². The Labute approximate surface area is 148 Å². The third kappa shape index (κ3) is 2.51. The highest BCUT2D eigenvalue weighted by atomic mass is 79.9. The van der Waals surface area contributed by atoms with Crippen LogP contribution in [0.3, 0.4) is 0 Å². The maximum absolute atomic E-state index is 10.9. The van der Waals surface area contributed by atoms with Gasteiger partial charge >= 0.3 is 0 Å². The predicted octanol–water partition coefficient (Wildman–Crippen LogP) is 5.37. The first kappa shape index (κ1) is 15.0. The van der Waals surface area contributed by atoms with Crippen LogP contribution in [-0.2, 0) is 0 Å². The van der Waals surface area contributed by atoms with Gasteiger partial charge in [-0.2, -0.15) is 0 Å². The van der Waals surface area contributed by atoms with Crippen molar-refractivity contribution in [2.24, 2.45) is 0 Å². The summed E-state index contributed by atoms with van der Waals surface area (Å²) in [6, 6.07) is 11.6. The molecule has 0 fully saturated rings. The minimum Gasteiger partial charge on any atom is -0.436 e. The van der Waals surface area contributed by atoms with Gasteiger partial charge in [0.2, 0.25) is 5.89 Å².